The first-order valence-electron chi connectivity index (χ1n) is 6.90. The molecule has 0 unspecified atom stereocenters. The van der Waals surface area contributed by atoms with Gasteiger partial charge in [-0.2, -0.15) is 0 Å². The van der Waals surface area contributed by atoms with Crippen LogP contribution >= 0.6 is 0 Å². The maximum Gasteiger partial charge on any atom is 0.261 e. The first kappa shape index (κ1) is 16.0. The maximum absolute atomic E-state index is 12.3. The lowest BCUT2D eigenvalue weighted by atomic mass is 10.1. The number of anilines is 2. The van der Waals surface area contributed by atoms with Crippen LogP contribution in [0.4, 0.5) is 11.4 Å². The summed E-state index contributed by atoms with van der Waals surface area (Å²) in [6.07, 6.45) is 0.834. The lowest BCUT2D eigenvalue weighted by molar-refractivity contribution is -0.114. The molecule has 6 heteroatoms. The topological polar surface area (TPSA) is 75.3 Å². The van der Waals surface area contributed by atoms with Gasteiger partial charge in [0.15, 0.2) is 0 Å². The molecule has 0 heterocycles. The molecule has 0 spiro atoms. The quantitative estimate of drug-likeness (QED) is 0.890. The highest BCUT2D eigenvalue weighted by atomic mass is 32.2. The van der Waals surface area contributed by atoms with Gasteiger partial charge in [0.1, 0.15) is 0 Å². The molecule has 0 bridgehead atoms. The van der Waals surface area contributed by atoms with Crippen molar-refractivity contribution in [3.05, 3.63) is 54.1 Å². The third-order valence-electron chi connectivity index (χ3n) is 3.07. The molecule has 116 valence electrons. The number of aryl methyl sites for hydroxylation is 1. The van der Waals surface area contributed by atoms with Crippen molar-refractivity contribution in [2.45, 2.75) is 25.2 Å². The molecule has 0 radical (unpaired) electrons. The fourth-order valence-corrected chi connectivity index (χ4v) is 3.04. The zero-order valence-corrected chi connectivity index (χ0v) is 13.3. The molecule has 0 fully saturated rings. The van der Waals surface area contributed by atoms with Gasteiger partial charge >= 0.3 is 0 Å². The van der Waals surface area contributed by atoms with Crippen molar-refractivity contribution in [2.75, 3.05) is 10.0 Å². The van der Waals surface area contributed by atoms with Gasteiger partial charge in [-0.05, 0) is 48.4 Å². The third-order valence-corrected chi connectivity index (χ3v) is 4.47. The SMILES string of the molecule is CCc1cccc(NS(=O)(=O)c2ccc(NC(C)=O)cc2)c1. The molecule has 22 heavy (non-hydrogen) atoms. The smallest absolute Gasteiger partial charge is 0.261 e. The minimum Gasteiger partial charge on any atom is -0.326 e. The molecule has 0 atom stereocenters. The lowest BCUT2D eigenvalue weighted by Crippen LogP contribution is -2.13. The summed E-state index contributed by atoms with van der Waals surface area (Å²) in [4.78, 5) is 11.1. The van der Waals surface area contributed by atoms with E-state index in [1.165, 1.54) is 19.1 Å². The molecular weight excluding hydrogens is 300 g/mol. The number of nitrogens with one attached hydrogen (secondary N) is 2. The van der Waals surface area contributed by atoms with Crippen LogP contribution in [0.5, 0.6) is 0 Å². The molecule has 1 amide bonds. The molecule has 0 saturated heterocycles. The first-order chi connectivity index (χ1) is 10.4. The van der Waals surface area contributed by atoms with Crippen LogP contribution in [0.2, 0.25) is 0 Å². The van der Waals surface area contributed by atoms with Crippen LogP contribution in [0.3, 0.4) is 0 Å². The van der Waals surface area contributed by atoms with Gasteiger partial charge < -0.3 is 5.32 Å². The van der Waals surface area contributed by atoms with Crippen LogP contribution in [0.25, 0.3) is 0 Å². The average Bonchev–Trinajstić information content (AvgIpc) is 2.47. The molecule has 2 aromatic carbocycles. The van der Waals surface area contributed by atoms with Gasteiger partial charge in [-0.25, -0.2) is 8.42 Å². The largest absolute Gasteiger partial charge is 0.326 e. The van der Waals surface area contributed by atoms with E-state index in [1.54, 1.807) is 18.2 Å². The first-order valence-corrected chi connectivity index (χ1v) is 8.38. The number of rotatable bonds is 5. The lowest BCUT2D eigenvalue weighted by Gasteiger charge is -2.10. The van der Waals surface area contributed by atoms with Crippen molar-refractivity contribution < 1.29 is 13.2 Å². The molecule has 0 aromatic heterocycles. The third kappa shape index (κ3) is 4.08. The number of amides is 1. The summed E-state index contributed by atoms with van der Waals surface area (Å²) in [6.45, 7) is 3.40. The number of hydrogen-bond acceptors (Lipinski definition) is 3. The fraction of sp³-hybridized carbons (Fsp3) is 0.188. The molecule has 0 aliphatic carbocycles. The van der Waals surface area contributed by atoms with Crippen LogP contribution in [0.15, 0.2) is 53.4 Å². The van der Waals surface area contributed by atoms with E-state index in [9.17, 15) is 13.2 Å². The zero-order valence-electron chi connectivity index (χ0n) is 12.5. The standard InChI is InChI=1S/C16H18N2O3S/c1-3-13-5-4-6-15(11-13)18-22(20,21)16-9-7-14(8-10-16)17-12(2)19/h4-11,18H,3H2,1-2H3,(H,17,19). The number of sulfonamides is 1. The van der Waals surface area contributed by atoms with Crippen molar-refractivity contribution in [3.63, 3.8) is 0 Å². The van der Waals surface area contributed by atoms with Crippen molar-refractivity contribution in [3.8, 4) is 0 Å². The van der Waals surface area contributed by atoms with Crippen molar-refractivity contribution >= 4 is 27.3 Å². The number of carbonyl (C=O) groups is 1. The van der Waals surface area contributed by atoms with Gasteiger partial charge in [-0.1, -0.05) is 19.1 Å². The monoisotopic (exact) mass is 318 g/mol. The Kier molecular flexibility index (Phi) is 4.82. The molecule has 2 rings (SSSR count). The Bertz CT molecular complexity index is 768. The van der Waals surface area contributed by atoms with Gasteiger partial charge in [0, 0.05) is 18.3 Å². The number of benzene rings is 2. The minimum atomic E-state index is -3.65. The molecule has 0 saturated carbocycles. The maximum atomic E-state index is 12.3. The predicted molar refractivity (Wildman–Crippen MR) is 87.4 cm³/mol. The normalized spacial score (nSPS) is 11.0. The van der Waals surface area contributed by atoms with Gasteiger partial charge in [0.25, 0.3) is 10.0 Å². The van der Waals surface area contributed by atoms with Gasteiger partial charge in [-0.3, -0.25) is 9.52 Å². The van der Waals surface area contributed by atoms with Gasteiger partial charge in [-0.15, -0.1) is 0 Å². The predicted octanol–water partition coefficient (Wildman–Crippen LogP) is 3.01. The molecule has 2 aromatic rings. The van der Waals surface area contributed by atoms with E-state index >= 15 is 0 Å². The Morgan fingerprint density at radius 2 is 1.73 bits per heavy atom. The van der Waals surface area contributed by atoms with E-state index in [-0.39, 0.29) is 10.8 Å². The molecular formula is C16H18N2O3S. The van der Waals surface area contributed by atoms with E-state index in [2.05, 4.69) is 10.0 Å². The minimum absolute atomic E-state index is 0.142. The van der Waals surface area contributed by atoms with Crippen molar-refractivity contribution in [1.29, 1.82) is 0 Å². The molecule has 5 nitrogen and oxygen atoms in total. The Morgan fingerprint density at radius 3 is 2.32 bits per heavy atom. The highest BCUT2D eigenvalue weighted by Gasteiger charge is 2.14. The molecule has 2 N–H and O–H groups in total. The second kappa shape index (κ2) is 6.62. The summed E-state index contributed by atoms with van der Waals surface area (Å²) in [6, 6.07) is 13.3. The van der Waals surface area contributed by atoms with Crippen LogP contribution in [0.1, 0.15) is 19.4 Å². The Labute approximate surface area is 130 Å². The van der Waals surface area contributed by atoms with Crippen LogP contribution in [0, 0.1) is 0 Å². The van der Waals surface area contributed by atoms with Gasteiger partial charge in [0.05, 0.1) is 4.90 Å². The summed E-state index contributed by atoms with van der Waals surface area (Å²) < 4.78 is 27.2. The Morgan fingerprint density at radius 1 is 1.05 bits per heavy atom. The highest BCUT2D eigenvalue weighted by Crippen LogP contribution is 2.19. The Hall–Kier alpha value is -2.34. The number of carbonyl (C=O) groups excluding carboxylic acids is 1. The summed E-state index contributed by atoms with van der Waals surface area (Å²) in [5.41, 5.74) is 2.14. The number of hydrogen-bond donors (Lipinski definition) is 2. The average molecular weight is 318 g/mol. The fourth-order valence-electron chi connectivity index (χ4n) is 1.99. The van der Waals surface area contributed by atoms with Gasteiger partial charge in [0.2, 0.25) is 5.91 Å². The second-order valence-corrected chi connectivity index (χ2v) is 6.55. The van der Waals surface area contributed by atoms with E-state index in [0.29, 0.717) is 11.4 Å². The van der Waals surface area contributed by atoms with E-state index in [4.69, 9.17) is 0 Å². The van der Waals surface area contributed by atoms with Crippen molar-refractivity contribution in [2.24, 2.45) is 0 Å². The summed E-state index contributed by atoms with van der Waals surface area (Å²) in [5.74, 6) is -0.204. The van der Waals surface area contributed by atoms with Crippen LogP contribution in [-0.4, -0.2) is 14.3 Å². The van der Waals surface area contributed by atoms with Crippen LogP contribution < -0.4 is 10.0 Å². The summed E-state index contributed by atoms with van der Waals surface area (Å²) in [5, 5.41) is 2.59. The molecule has 0 aliphatic heterocycles. The van der Waals surface area contributed by atoms with E-state index in [1.807, 2.05) is 25.1 Å². The Balaban J connectivity index is 2.20. The molecule has 0 aliphatic rings. The van der Waals surface area contributed by atoms with Crippen LogP contribution in [-0.2, 0) is 21.2 Å². The highest BCUT2D eigenvalue weighted by molar-refractivity contribution is 7.92. The summed E-state index contributed by atoms with van der Waals surface area (Å²) in [7, 11) is -3.65. The zero-order chi connectivity index (χ0) is 16.2. The van der Waals surface area contributed by atoms with E-state index in [0.717, 1.165) is 12.0 Å². The van der Waals surface area contributed by atoms with Crippen molar-refractivity contribution in [1.82, 2.24) is 0 Å². The summed E-state index contributed by atoms with van der Waals surface area (Å²) >= 11 is 0. The second-order valence-electron chi connectivity index (χ2n) is 4.86. The van der Waals surface area contributed by atoms with E-state index < -0.39 is 10.0 Å².